The first-order chi connectivity index (χ1) is 16.4. The third-order valence-corrected chi connectivity index (χ3v) is 6.52. The van der Waals surface area contributed by atoms with Crippen LogP contribution in [0.15, 0.2) is 64.2 Å². The van der Waals surface area contributed by atoms with Gasteiger partial charge in [-0.3, -0.25) is 4.79 Å². The van der Waals surface area contributed by atoms with E-state index < -0.39 is 0 Å². The summed E-state index contributed by atoms with van der Waals surface area (Å²) >= 11 is 10.9. The molecule has 0 fully saturated rings. The summed E-state index contributed by atoms with van der Waals surface area (Å²) in [5, 5.41) is 6.62. The minimum atomic E-state index is -0.371. The number of hydrogen-bond donors (Lipinski definition) is 0. The van der Waals surface area contributed by atoms with Crippen molar-refractivity contribution < 1.29 is 19.0 Å². The van der Waals surface area contributed by atoms with Gasteiger partial charge in [-0.05, 0) is 48.5 Å². The molecule has 0 aliphatic heterocycles. The summed E-state index contributed by atoms with van der Waals surface area (Å²) < 4.78 is 18.0. The standard InChI is InChI=1S/C24H19BrClN3O4S/c1-31-19-9-14(10-20(32-2)22(19)33-3)13-27-29(23(30)15-5-4-6-17(26)11-15)24-28-18-8-7-16(25)12-21(18)34-24/h4-13H,1-3H3/b27-13+. The van der Waals surface area contributed by atoms with E-state index in [0.29, 0.717) is 38.5 Å². The number of ether oxygens (including phenoxy) is 3. The first-order valence-corrected chi connectivity index (χ1v) is 11.9. The number of thiazole rings is 1. The van der Waals surface area contributed by atoms with Crippen molar-refractivity contribution in [3.8, 4) is 17.2 Å². The lowest BCUT2D eigenvalue weighted by atomic mass is 10.2. The topological polar surface area (TPSA) is 73.2 Å². The summed E-state index contributed by atoms with van der Waals surface area (Å²) in [4.78, 5) is 18.1. The number of benzene rings is 3. The predicted octanol–water partition coefficient (Wildman–Crippen LogP) is 6.42. The SMILES string of the molecule is COc1cc(/C=N/N(C(=O)c2cccc(Cl)c2)c2nc3ccc(Br)cc3s2)cc(OC)c1OC. The third kappa shape index (κ3) is 5.01. The molecule has 0 unspecified atom stereocenters. The quantitative estimate of drug-likeness (QED) is 0.193. The minimum Gasteiger partial charge on any atom is -0.493 e. The zero-order chi connectivity index (χ0) is 24.2. The average Bonchev–Trinajstić information content (AvgIpc) is 3.26. The number of nitrogens with zero attached hydrogens (tertiary/aromatic N) is 3. The van der Waals surface area contributed by atoms with Crippen molar-refractivity contribution in [2.45, 2.75) is 0 Å². The van der Waals surface area contributed by atoms with Gasteiger partial charge in [-0.15, -0.1) is 0 Å². The molecule has 0 aliphatic carbocycles. The van der Waals surface area contributed by atoms with Crippen LogP contribution in [0.25, 0.3) is 10.2 Å². The molecule has 0 atom stereocenters. The number of carbonyl (C=O) groups is 1. The van der Waals surface area contributed by atoms with Crippen LogP contribution in [0.2, 0.25) is 5.02 Å². The fourth-order valence-corrected chi connectivity index (χ4v) is 4.87. The molecule has 1 amide bonds. The van der Waals surface area contributed by atoms with Gasteiger partial charge in [-0.2, -0.15) is 10.1 Å². The number of methoxy groups -OCH3 is 3. The molecule has 7 nitrogen and oxygen atoms in total. The van der Waals surface area contributed by atoms with E-state index in [4.69, 9.17) is 25.8 Å². The molecule has 0 spiro atoms. The molecule has 3 aromatic carbocycles. The number of aromatic nitrogens is 1. The number of carbonyl (C=O) groups excluding carboxylic acids is 1. The molecule has 4 aromatic rings. The lowest BCUT2D eigenvalue weighted by Gasteiger charge is -2.15. The Balaban J connectivity index is 1.79. The Morgan fingerprint density at radius 2 is 1.79 bits per heavy atom. The van der Waals surface area contributed by atoms with Crippen molar-refractivity contribution in [1.29, 1.82) is 0 Å². The summed E-state index contributed by atoms with van der Waals surface area (Å²) in [5.74, 6) is 1.04. The van der Waals surface area contributed by atoms with Crippen LogP contribution < -0.4 is 19.2 Å². The van der Waals surface area contributed by atoms with Crippen LogP contribution in [0, 0.1) is 0 Å². The molecule has 34 heavy (non-hydrogen) atoms. The van der Waals surface area contributed by atoms with Crippen molar-refractivity contribution >= 4 is 66.3 Å². The molecule has 1 heterocycles. The van der Waals surface area contributed by atoms with Gasteiger partial charge in [-0.1, -0.05) is 44.9 Å². The molecule has 0 N–H and O–H groups in total. The Bertz CT molecular complexity index is 1370. The number of halogens is 2. The van der Waals surface area contributed by atoms with E-state index in [2.05, 4.69) is 26.0 Å². The van der Waals surface area contributed by atoms with Gasteiger partial charge in [0.2, 0.25) is 10.9 Å². The van der Waals surface area contributed by atoms with Gasteiger partial charge in [0.05, 0.1) is 37.8 Å². The normalized spacial score (nSPS) is 11.1. The van der Waals surface area contributed by atoms with Crippen molar-refractivity contribution in [3.63, 3.8) is 0 Å². The van der Waals surface area contributed by atoms with Gasteiger partial charge in [0, 0.05) is 20.6 Å². The van der Waals surface area contributed by atoms with Crippen LogP contribution in [-0.4, -0.2) is 38.4 Å². The zero-order valence-electron chi connectivity index (χ0n) is 18.4. The maximum absolute atomic E-state index is 13.5. The molecule has 0 bridgehead atoms. The smallest absolute Gasteiger partial charge is 0.280 e. The highest BCUT2D eigenvalue weighted by Crippen LogP contribution is 2.38. The molecule has 0 radical (unpaired) electrons. The van der Waals surface area contributed by atoms with Crippen molar-refractivity contribution in [2.75, 3.05) is 26.3 Å². The van der Waals surface area contributed by atoms with Crippen LogP contribution in [0.5, 0.6) is 17.2 Å². The predicted molar refractivity (Wildman–Crippen MR) is 139 cm³/mol. The van der Waals surface area contributed by atoms with Gasteiger partial charge in [0.15, 0.2) is 11.5 Å². The molecule has 0 saturated carbocycles. The molecule has 1 aromatic heterocycles. The number of amides is 1. The van der Waals surface area contributed by atoms with Gasteiger partial charge in [-0.25, -0.2) is 4.98 Å². The number of hydrogen-bond acceptors (Lipinski definition) is 7. The number of rotatable bonds is 7. The summed E-state index contributed by atoms with van der Waals surface area (Å²) in [6.07, 6.45) is 1.54. The van der Waals surface area contributed by atoms with Crippen molar-refractivity contribution in [2.24, 2.45) is 5.10 Å². The van der Waals surface area contributed by atoms with Crippen LogP contribution in [0.1, 0.15) is 15.9 Å². The highest BCUT2D eigenvalue weighted by molar-refractivity contribution is 9.10. The summed E-state index contributed by atoms with van der Waals surface area (Å²) in [5.41, 5.74) is 1.78. The molecule has 0 aliphatic rings. The van der Waals surface area contributed by atoms with Crippen LogP contribution in [0.4, 0.5) is 5.13 Å². The summed E-state index contributed by atoms with van der Waals surface area (Å²) in [6, 6.07) is 15.9. The largest absolute Gasteiger partial charge is 0.493 e. The molecular weight excluding hydrogens is 542 g/mol. The van der Waals surface area contributed by atoms with E-state index in [1.165, 1.54) is 43.9 Å². The summed E-state index contributed by atoms with van der Waals surface area (Å²) in [6.45, 7) is 0. The Morgan fingerprint density at radius 1 is 1.06 bits per heavy atom. The van der Waals surface area contributed by atoms with Crippen LogP contribution >= 0.6 is 38.9 Å². The first-order valence-electron chi connectivity index (χ1n) is 9.93. The second-order valence-corrected chi connectivity index (χ2v) is 9.30. The van der Waals surface area contributed by atoms with E-state index in [1.54, 1.807) is 36.4 Å². The Labute approximate surface area is 213 Å². The number of anilines is 1. The van der Waals surface area contributed by atoms with Crippen LogP contribution in [0.3, 0.4) is 0 Å². The van der Waals surface area contributed by atoms with E-state index in [0.717, 1.165) is 14.7 Å². The lowest BCUT2D eigenvalue weighted by Crippen LogP contribution is -2.25. The zero-order valence-corrected chi connectivity index (χ0v) is 21.6. The Kier molecular flexibility index (Phi) is 7.35. The number of fused-ring (bicyclic) bond motifs is 1. The van der Waals surface area contributed by atoms with Gasteiger partial charge in [0.25, 0.3) is 5.91 Å². The van der Waals surface area contributed by atoms with Gasteiger partial charge in [0.1, 0.15) is 0 Å². The fourth-order valence-electron chi connectivity index (χ4n) is 3.21. The van der Waals surface area contributed by atoms with E-state index in [-0.39, 0.29) is 5.91 Å². The van der Waals surface area contributed by atoms with Gasteiger partial charge < -0.3 is 14.2 Å². The van der Waals surface area contributed by atoms with Crippen molar-refractivity contribution in [3.05, 3.63) is 75.2 Å². The van der Waals surface area contributed by atoms with E-state index in [9.17, 15) is 4.79 Å². The highest BCUT2D eigenvalue weighted by Gasteiger charge is 2.22. The van der Waals surface area contributed by atoms with Crippen LogP contribution in [-0.2, 0) is 0 Å². The second-order valence-electron chi connectivity index (χ2n) is 6.94. The minimum absolute atomic E-state index is 0.371. The average molecular weight is 561 g/mol. The monoisotopic (exact) mass is 559 g/mol. The van der Waals surface area contributed by atoms with E-state index >= 15 is 0 Å². The Morgan fingerprint density at radius 3 is 2.44 bits per heavy atom. The highest BCUT2D eigenvalue weighted by atomic mass is 79.9. The third-order valence-electron chi connectivity index (χ3n) is 4.79. The molecule has 10 heteroatoms. The van der Waals surface area contributed by atoms with Gasteiger partial charge >= 0.3 is 0 Å². The van der Waals surface area contributed by atoms with E-state index in [1.807, 2.05) is 18.2 Å². The first kappa shape index (κ1) is 24.0. The molecular formula is C24H19BrClN3O4S. The van der Waals surface area contributed by atoms with Crippen molar-refractivity contribution in [1.82, 2.24) is 4.98 Å². The molecule has 174 valence electrons. The number of hydrazone groups is 1. The maximum Gasteiger partial charge on any atom is 0.280 e. The summed E-state index contributed by atoms with van der Waals surface area (Å²) in [7, 11) is 4.60. The Hall–Kier alpha value is -3.14. The molecule has 4 rings (SSSR count). The second kappa shape index (κ2) is 10.4. The molecule has 0 saturated heterocycles. The maximum atomic E-state index is 13.5. The fraction of sp³-hybridized carbons (Fsp3) is 0.125. The lowest BCUT2D eigenvalue weighted by molar-refractivity contribution is 0.0988.